The normalized spacial score (nSPS) is 23.2. The van der Waals surface area contributed by atoms with Crippen LogP contribution in [0.15, 0.2) is 10.5 Å². The van der Waals surface area contributed by atoms with E-state index in [9.17, 15) is 0 Å². The van der Waals surface area contributed by atoms with Crippen molar-refractivity contribution in [3.8, 4) is 0 Å². The van der Waals surface area contributed by atoms with Crippen LogP contribution in [0.5, 0.6) is 0 Å². The predicted molar refractivity (Wildman–Crippen MR) is 83.1 cm³/mol. The minimum Gasteiger partial charge on any atom is -0.329 e. The third kappa shape index (κ3) is 3.16. The van der Waals surface area contributed by atoms with Gasteiger partial charge in [-0.25, -0.2) is 0 Å². The highest BCUT2D eigenvalue weighted by Crippen LogP contribution is 2.35. The van der Waals surface area contributed by atoms with E-state index in [1.165, 1.54) is 46.6 Å². The Balaban J connectivity index is 2.12. The molecule has 1 aromatic rings. The van der Waals surface area contributed by atoms with Crippen LogP contribution in [-0.2, 0) is 0 Å². The zero-order valence-corrected chi connectivity index (χ0v) is 13.7. The fourth-order valence-corrected chi connectivity index (χ4v) is 4.51. The maximum Gasteiger partial charge on any atom is 0.0564 e. The highest BCUT2D eigenvalue weighted by Gasteiger charge is 2.26. The van der Waals surface area contributed by atoms with Crippen molar-refractivity contribution in [1.29, 1.82) is 0 Å². The lowest BCUT2D eigenvalue weighted by molar-refractivity contribution is 0.126. The van der Waals surface area contributed by atoms with Gasteiger partial charge in [-0.3, -0.25) is 4.90 Å². The van der Waals surface area contributed by atoms with Crippen LogP contribution >= 0.6 is 27.3 Å². The number of thiophene rings is 1. The third-order valence-corrected chi connectivity index (χ3v) is 6.23. The van der Waals surface area contributed by atoms with Gasteiger partial charge in [0, 0.05) is 27.3 Å². The van der Waals surface area contributed by atoms with E-state index in [2.05, 4.69) is 40.7 Å². The monoisotopic (exact) mass is 330 g/mol. The standard InChI is InChI=1S/C14H23BrN2S/c1-3-11-5-4-6-17(9-11)13(8-16)14-7-12(15)10(2)18-14/h7,11,13H,3-6,8-9,16H2,1-2H3. The molecule has 4 heteroatoms. The van der Waals surface area contributed by atoms with Gasteiger partial charge in [-0.05, 0) is 54.2 Å². The van der Waals surface area contributed by atoms with Gasteiger partial charge in [-0.2, -0.15) is 0 Å². The molecule has 0 aromatic carbocycles. The Hall–Kier alpha value is 0.1000. The van der Waals surface area contributed by atoms with Crippen molar-refractivity contribution in [1.82, 2.24) is 4.90 Å². The molecule has 2 heterocycles. The van der Waals surface area contributed by atoms with Crippen LogP contribution in [-0.4, -0.2) is 24.5 Å². The summed E-state index contributed by atoms with van der Waals surface area (Å²) < 4.78 is 1.23. The second-order valence-electron chi connectivity index (χ2n) is 5.22. The first-order valence-electron chi connectivity index (χ1n) is 6.85. The van der Waals surface area contributed by atoms with Crippen molar-refractivity contribution in [3.63, 3.8) is 0 Å². The lowest BCUT2D eigenvalue weighted by Gasteiger charge is -2.37. The molecule has 18 heavy (non-hydrogen) atoms. The average molecular weight is 331 g/mol. The second-order valence-corrected chi connectivity index (χ2v) is 7.36. The molecule has 0 amide bonds. The molecular weight excluding hydrogens is 308 g/mol. The Morgan fingerprint density at radius 1 is 1.61 bits per heavy atom. The van der Waals surface area contributed by atoms with E-state index in [0.29, 0.717) is 6.04 Å². The lowest BCUT2D eigenvalue weighted by Crippen LogP contribution is -2.40. The summed E-state index contributed by atoms with van der Waals surface area (Å²) in [4.78, 5) is 5.36. The van der Waals surface area contributed by atoms with Crippen LogP contribution in [0.1, 0.15) is 42.0 Å². The maximum atomic E-state index is 6.03. The topological polar surface area (TPSA) is 29.3 Å². The van der Waals surface area contributed by atoms with Crippen molar-refractivity contribution < 1.29 is 0 Å². The summed E-state index contributed by atoms with van der Waals surface area (Å²) >= 11 is 5.50. The number of rotatable bonds is 4. The SMILES string of the molecule is CCC1CCCN(C(CN)c2cc(Br)c(C)s2)C1. The minimum absolute atomic E-state index is 0.411. The highest BCUT2D eigenvalue weighted by molar-refractivity contribution is 9.10. The molecule has 102 valence electrons. The number of hydrogen-bond donors (Lipinski definition) is 1. The summed E-state index contributed by atoms with van der Waals surface area (Å²) in [5, 5.41) is 0. The molecule has 0 saturated carbocycles. The lowest BCUT2D eigenvalue weighted by atomic mass is 9.94. The number of nitrogens with zero attached hydrogens (tertiary/aromatic N) is 1. The molecule has 1 saturated heterocycles. The molecular formula is C14H23BrN2S. The van der Waals surface area contributed by atoms with Crippen LogP contribution in [0.2, 0.25) is 0 Å². The maximum absolute atomic E-state index is 6.03. The van der Waals surface area contributed by atoms with E-state index in [0.717, 1.165) is 12.5 Å². The Morgan fingerprint density at radius 3 is 2.94 bits per heavy atom. The molecule has 2 unspecified atom stereocenters. The largest absolute Gasteiger partial charge is 0.329 e. The van der Waals surface area contributed by atoms with Crippen molar-refractivity contribution >= 4 is 27.3 Å². The molecule has 2 nitrogen and oxygen atoms in total. The van der Waals surface area contributed by atoms with Crippen molar-refractivity contribution in [2.24, 2.45) is 11.7 Å². The summed E-state index contributed by atoms with van der Waals surface area (Å²) in [6.07, 6.45) is 4.00. The minimum atomic E-state index is 0.411. The number of aryl methyl sites for hydroxylation is 1. The van der Waals surface area contributed by atoms with Gasteiger partial charge in [0.25, 0.3) is 0 Å². The summed E-state index contributed by atoms with van der Waals surface area (Å²) in [5.41, 5.74) is 6.03. The third-order valence-electron chi connectivity index (χ3n) is 4.00. The Bertz CT molecular complexity index is 372. The van der Waals surface area contributed by atoms with Gasteiger partial charge in [0.2, 0.25) is 0 Å². The van der Waals surface area contributed by atoms with Crippen LogP contribution in [0.3, 0.4) is 0 Å². The van der Waals surface area contributed by atoms with Crippen LogP contribution in [0.25, 0.3) is 0 Å². The molecule has 1 aliphatic rings. The first kappa shape index (κ1) is 14.5. The summed E-state index contributed by atoms with van der Waals surface area (Å²) in [6.45, 7) is 7.61. The molecule has 0 radical (unpaired) electrons. The van der Waals surface area contributed by atoms with Gasteiger partial charge >= 0.3 is 0 Å². The quantitative estimate of drug-likeness (QED) is 0.905. The van der Waals surface area contributed by atoms with Crippen LogP contribution < -0.4 is 5.73 Å². The van der Waals surface area contributed by atoms with Gasteiger partial charge in [0.05, 0.1) is 6.04 Å². The van der Waals surface area contributed by atoms with Gasteiger partial charge in [0.1, 0.15) is 0 Å². The molecule has 0 bridgehead atoms. The van der Waals surface area contributed by atoms with E-state index in [4.69, 9.17) is 5.73 Å². The molecule has 0 aliphatic carbocycles. The second kappa shape index (κ2) is 6.51. The first-order chi connectivity index (χ1) is 8.65. The van der Waals surface area contributed by atoms with E-state index in [1.807, 2.05) is 11.3 Å². The molecule has 2 atom stereocenters. The molecule has 1 aromatic heterocycles. The van der Waals surface area contributed by atoms with E-state index >= 15 is 0 Å². The van der Waals surface area contributed by atoms with Crippen molar-refractivity contribution in [3.05, 3.63) is 20.3 Å². The Labute approximate surface area is 123 Å². The molecule has 1 fully saturated rings. The van der Waals surface area contributed by atoms with Gasteiger partial charge < -0.3 is 5.73 Å². The zero-order chi connectivity index (χ0) is 13.1. The molecule has 1 aliphatic heterocycles. The molecule has 2 rings (SSSR count). The number of nitrogens with two attached hydrogens (primary N) is 1. The fourth-order valence-electron chi connectivity index (χ4n) is 2.80. The van der Waals surface area contributed by atoms with Crippen LogP contribution in [0, 0.1) is 12.8 Å². The number of hydrogen-bond acceptors (Lipinski definition) is 3. The van der Waals surface area contributed by atoms with Gasteiger partial charge in [0.15, 0.2) is 0 Å². The number of halogens is 1. The Morgan fingerprint density at radius 2 is 2.39 bits per heavy atom. The average Bonchev–Trinajstić information content (AvgIpc) is 2.70. The van der Waals surface area contributed by atoms with E-state index < -0.39 is 0 Å². The zero-order valence-electron chi connectivity index (χ0n) is 11.3. The van der Waals surface area contributed by atoms with Crippen molar-refractivity contribution in [2.45, 2.75) is 39.2 Å². The Kier molecular flexibility index (Phi) is 5.24. The number of likely N-dealkylation sites (tertiary alicyclic amines) is 1. The van der Waals surface area contributed by atoms with E-state index in [1.54, 1.807) is 0 Å². The fraction of sp³-hybridized carbons (Fsp3) is 0.714. The first-order valence-corrected chi connectivity index (χ1v) is 8.46. The van der Waals surface area contributed by atoms with E-state index in [-0.39, 0.29) is 0 Å². The summed E-state index contributed by atoms with van der Waals surface area (Å²) in [7, 11) is 0. The summed E-state index contributed by atoms with van der Waals surface area (Å²) in [6, 6.07) is 2.67. The highest BCUT2D eigenvalue weighted by atomic mass is 79.9. The van der Waals surface area contributed by atoms with Gasteiger partial charge in [-0.1, -0.05) is 13.3 Å². The van der Waals surface area contributed by atoms with Crippen molar-refractivity contribution in [2.75, 3.05) is 19.6 Å². The van der Waals surface area contributed by atoms with Gasteiger partial charge in [-0.15, -0.1) is 11.3 Å². The molecule has 2 N–H and O–H groups in total. The smallest absolute Gasteiger partial charge is 0.0564 e. The summed E-state index contributed by atoms with van der Waals surface area (Å²) in [5.74, 6) is 0.859. The van der Waals surface area contributed by atoms with Crippen LogP contribution in [0.4, 0.5) is 0 Å². The predicted octanol–water partition coefficient (Wildman–Crippen LogP) is 3.94. The molecule has 0 spiro atoms. The number of piperidine rings is 1.